The number of rotatable bonds is 7. The number of benzene rings is 1. The molecule has 1 unspecified atom stereocenters. The average molecular weight is 381 g/mol. The molecule has 7 heteroatoms. The molecule has 2 N–H and O–H groups in total. The standard InChI is InChI=1S/C18H24N2O3S2/c1-18(2,3)25(22)20-11-14-10-15(23-4)7-8-16(14)24-17-13(12-21)6-5-9-19-17/h5-10,20-21H,11-12H2,1-4H3. The minimum absolute atomic E-state index is 0.0616. The first-order valence-corrected chi connectivity index (χ1v) is 9.86. The van der Waals surface area contributed by atoms with Gasteiger partial charge in [-0.3, -0.25) is 0 Å². The summed E-state index contributed by atoms with van der Waals surface area (Å²) in [6, 6.07) is 9.42. The minimum atomic E-state index is -1.16. The molecule has 0 radical (unpaired) electrons. The molecule has 0 bridgehead atoms. The van der Waals surface area contributed by atoms with Crippen molar-refractivity contribution >= 4 is 22.7 Å². The molecular weight excluding hydrogens is 356 g/mol. The third-order valence-corrected chi connectivity index (χ3v) is 6.14. The summed E-state index contributed by atoms with van der Waals surface area (Å²) in [4.78, 5) is 5.33. The maximum Gasteiger partial charge on any atom is 0.119 e. The van der Waals surface area contributed by atoms with Crippen molar-refractivity contribution in [2.75, 3.05) is 7.11 Å². The van der Waals surface area contributed by atoms with Crippen molar-refractivity contribution < 1.29 is 14.1 Å². The van der Waals surface area contributed by atoms with Crippen LogP contribution in [0.5, 0.6) is 5.75 Å². The molecule has 0 aliphatic heterocycles. The average Bonchev–Trinajstić information content (AvgIpc) is 2.60. The zero-order chi connectivity index (χ0) is 18.4. The second-order valence-corrected chi connectivity index (χ2v) is 9.49. The highest BCUT2D eigenvalue weighted by atomic mass is 32.2. The Bertz CT molecular complexity index is 745. The van der Waals surface area contributed by atoms with Gasteiger partial charge in [0.2, 0.25) is 0 Å². The summed E-state index contributed by atoms with van der Waals surface area (Å²) >= 11 is 1.48. The quantitative estimate of drug-likeness (QED) is 0.771. The fraction of sp³-hybridized carbons (Fsp3) is 0.389. The van der Waals surface area contributed by atoms with Crippen molar-refractivity contribution in [3.05, 3.63) is 47.7 Å². The van der Waals surface area contributed by atoms with Crippen LogP contribution in [-0.4, -0.2) is 26.2 Å². The number of aromatic nitrogens is 1. The first-order chi connectivity index (χ1) is 11.8. The van der Waals surface area contributed by atoms with E-state index in [4.69, 9.17) is 4.74 Å². The van der Waals surface area contributed by atoms with Crippen LogP contribution < -0.4 is 9.46 Å². The second-order valence-electron chi connectivity index (χ2n) is 6.40. The summed E-state index contributed by atoms with van der Waals surface area (Å²) in [7, 11) is 0.457. The number of pyridine rings is 1. The molecule has 0 aliphatic carbocycles. The summed E-state index contributed by atoms with van der Waals surface area (Å²) in [6.07, 6.45) is 1.71. The molecule has 2 rings (SSSR count). The van der Waals surface area contributed by atoms with Crippen LogP contribution in [0, 0.1) is 0 Å². The minimum Gasteiger partial charge on any atom is -0.497 e. The lowest BCUT2D eigenvalue weighted by molar-refractivity contribution is 0.278. The molecule has 1 heterocycles. The first kappa shape index (κ1) is 19.9. The summed E-state index contributed by atoms with van der Waals surface area (Å²) in [5.74, 6) is 0.742. The Morgan fingerprint density at radius 2 is 2.04 bits per heavy atom. The van der Waals surface area contributed by atoms with Gasteiger partial charge in [-0.15, -0.1) is 0 Å². The van der Waals surface area contributed by atoms with Crippen molar-refractivity contribution in [2.45, 2.75) is 48.6 Å². The number of nitrogens with one attached hydrogen (secondary N) is 1. The van der Waals surface area contributed by atoms with Crippen molar-refractivity contribution in [3.63, 3.8) is 0 Å². The molecule has 136 valence electrons. The molecule has 1 atom stereocenters. The number of methoxy groups -OCH3 is 1. The Balaban J connectivity index is 2.27. The van der Waals surface area contributed by atoms with E-state index in [1.54, 1.807) is 19.4 Å². The lowest BCUT2D eigenvalue weighted by Gasteiger charge is -2.19. The highest BCUT2D eigenvalue weighted by Gasteiger charge is 2.20. The van der Waals surface area contributed by atoms with E-state index in [0.29, 0.717) is 6.54 Å². The summed E-state index contributed by atoms with van der Waals surface area (Å²) in [5, 5.41) is 10.2. The second kappa shape index (κ2) is 8.80. The van der Waals surface area contributed by atoms with E-state index in [2.05, 4.69) is 9.71 Å². The van der Waals surface area contributed by atoms with Crippen LogP contribution >= 0.6 is 11.8 Å². The predicted octanol–water partition coefficient (Wildman–Crippen LogP) is 3.29. The summed E-state index contributed by atoms with van der Waals surface area (Å²) in [5.41, 5.74) is 1.75. The van der Waals surface area contributed by atoms with Crippen LogP contribution in [0.4, 0.5) is 0 Å². The maximum absolute atomic E-state index is 12.3. The molecule has 0 saturated heterocycles. The van der Waals surface area contributed by atoms with Crippen LogP contribution in [0.15, 0.2) is 46.5 Å². The van der Waals surface area contributed by atoms with Crippen molar-refractivity contribution in [1.82, 2.24) is 9.71 Å². The monoisotopic (exact) mass is 380 g/mol. The molecule has 0 aliphatic rings. The van der Waals surface area contributed by atoms with Crippen molar-refractivity contribution in [1.29, 1.82) is 0 Å². The van der Waals surface area contributed by atoms with Gasteiger partial charge in [-0.2, -0.15) is 0 Å². The third-order valence-electron chi connectivity index (χ3n) is 3.44. The van der Waals surface area contributed by atoms with Gasteiger partial charge in [0.15, 0.2) is 0 Å². The van der Waals surface area contributed by atoms with E-state index < -0.39 is 11.0 Å². The van der Waals surface area contributed by atoms with Crippen molar-refractivity contribution in [3.8, 4) is 5.75 Å². The molecule has 2 aromatic rings. The maximum atomic E-state index is 12.3. The molecule has 1 aromatic heterocycles. The number of hydrogen-bond acceptors (Lipinski definition) is 5. The lowest BCUT2D eigenvalue weighted by Crippen LogP contribution is -2.33. The first-order valence-electron chi connectivity index (χ1n) is 7.90. The number of ether oxygens (including phenoxy) is 1. The van der Waals surface area contributed by atoms with Gasteiger partial charge in [0.25, 0.3) is 0 Å². The Kier molecular flexibility index (Phi) is 7.01. The number of hydrogen-bond donors (Lipinski definition) is 2. The zero-order valence-electron chi connectivity index (χ0n) is 14.9. The SMILES string of the molecule is COc1ccc(Sc2ncccc2CO)c(CNS(=O)C(C)(C)C)c1. The van der Waals surface area contributed by atoms with E-state index >= 15 is 0 Å². The number of aliphatic hydroxyl groups excluding tert-OH is 1. The van der Waals surface area contributed by atoms with E-state index in [-0.39, 0.29) is 11.4 Å². The molecule has 25 heavy (non-hydrogen) atoms. The topological polar surface area (TPSA) is 71.5 Å². The van der Waals surface area contributed by atoms with E-state index in [0.717, 1.165) is 26.8 Å². The van der Waals surface area contributed by atoms with E-state index in [9.17, 15) is 9.32 Å². The highest BCUT2D eigenvalue weighted by Crippen LogP contribution is 2.33. The summed E-state index contributed by atoms with van der Waals surface area (Å²) < 4.78 is 20.3. The predicted molar refractivity (Wildman–Crippen MR) is 102 cm³/mol. The zero-order valence-corrected chi connectivity index (χ0v) is 16.5. The van der Waals surface area contributed by atoms with E-state index in [1.165, 1.54) is 11.8 Å². The fourth-order valence-electron chi connectivity index (χ4n) is 2.02. The van der Waals surface area contributed by atoms with Crippen LogP contribution in [0.25, 0.3) is 0 Å². The molecule has 0 fully saturated rings. The van der Waals surface area contributed by atoms with Gasteiger partial charge in [-0.1, -0.05) is 17.8 Å². The fourth-order valence-corrected chi connectivity index (χ4v) is 3.72. The summed E-state index contributed by atoms with van der Waals surface area (Å²) in [6.45, 7) is 6.18. The van der Waals surface area contributed by atoms with Gasteiger partial charge in [-0.25, -0.2) is 13.9 Å². The largest absolute Gasteiger partial charge is 0.497 e. The van der Waals surface area contributed by atoms with Gasteiger partial charge in [-0.05, 0) is 50.6 Å². The van der Waals surface area contributed by atoms with Crippen LogP contribution in [0.2, 0.25) is 0 Å². The van der Waals surface area contributed by atoms with Gasteiger partial charge >= 0.3 is 0 Å². The molecule has 0 spiro atoms. The van der Waals surface area contributed by atoms with Crippen LogP contribution in [0.3, 0.4) is 0 Å². The Morgan fingerprint density at radius 1 is 1.28 bits per heavy atom. The van der Waals surface area contributed by atoms with Gasteiger partial charge in [0.1, 0.15) is 10.8 Å². The molecule has 0 amide bonds. The van der Waals surface area contributed by atoms with Crippen LogP contribution in [-0.2, 0) is 24.1 Å². The molecule has 5 nitrogen and oxygen atoms in total. The Morgan fingerprint density at radius 3 is 2.68 bits per heavy atom. The van der Waals surface area contributed by atoms with Gasteiger partial charge in [0.05, 0.1) is 29.4 Å². The third kappa shape index (κ3) is 5.54. The van der Waals surface area contributed by atoms with E-state index in [1.807, 2.05) is 45.0 Å². The molecule has 1 aromatic carbocycles. The highest BCUT2D eigenvalue weighted by molar-refractivity contribution is 7.99. The normalized spacial score (nSPS) is 12.8. The number of aliphatic hydroxyl groups is 1. The van der Waals surface area contributed by atoms with Crippen molar-refractivity contribution in [2.24, 2.45) is 0 Å². The van der Waals surface area contributed by atoms with Gasteiger partial charge < -0.3 is 9.84 Å². The smallest absolute Gasteiger partial charge is 0.119 e. The Hall–Kier alpha value is -1.41. The molecule has 0 saturated carbocycles. The lowest BCUT2D eigenvalue weighted by atomic mass is 10.2. The Labute approximate surface area is 155 Å². The van der Waals surface area contributed by atoms with Gasteiger partial charge in [0, 0.05) is 23.2 Å². The van der Waals surface area contributed by atoms with Crippen LogP contribution in [0.1, 0.15) is 31.9 Å². The number of nitrogens with zero attached hydrogens (tertiary/aromatic N) is 1. The molecular formula is C18H24N2O3S2.